The average Bonchev–Trinajstić information content (AvgIpc) is 3.34. The molecule has 0 spiro atoms. The van der Waals surface area contributed by atoms with E-state index in [9.17, 15) is 9.18 Å². The van der Waals surface area contributed by atoms with Crippen molar-refractivity contribution < 1.29 is 9.18 Å². The number of carbonyl (C=O) groups is 1. The lowest BCUT2D eigenvalue weighted by atomic mass is 9.81. The van der Waals surface area contributed by atoms with Gasteiger partial charge >= 0.3 is 0 Å². The summed E-state index contributed by atoms with van der Waals surface area (Å²) in [4.78, 5) is 13.4. The zero-order valence-electron chi connectivity index (χ0n) is 20.5. The molecule has 37 heavy (non-hydrogen) atoms. The molecule has 5 aromatic rings. The lowest BCUT2D eigenvalue weighted by Crippen LogP contribution is -2.25. The van der Waals surface area contributed by atoms with Gasteiger partial charge in [-0.15, -0.1) is 0 Å². The second-order valence-corrected chi connectivity index (χ2v) is 9.70. The number of nitrogens with one attached hydrogen (secondary N) is 1. The fourth-order valence-corrected chi connectivity index (χ4v) is 5.55. The molecule has 0 saturated carbocycles. The smallest absolute Gasteiger partial charge is 0.272 e. The number of rotatable bonds is 6. The van der Waals surface area contributed by atoms with Gasteiger partial charge in [-0.1, -0.05) is 72.8 Å². The van der Waals surface area contributed by atoms with E-state index < -0.39 is 0 Å². The summed E-state index contributed by atoms with van der Waals surface area (Å²) >= 11 is 0. The number of fused-ring (bicyclic) bond motifs is 2. The molecule has 0 aliphatic heterocycles. The Labute approximate surface area is 215 Å². The summed E-state index contributed by atoms with van der Waals surface area (Å²) in [5, 5.41) is 10.4. The number of hydrogen-bond acceptors (Lipinski definition) is 2. The van der Waals surface area contributed by atoms with Crippen molar-refractivity contribution in [1.29, 1.82) is 0 Å². The fraction of sp³-hybridized carbons (Fsp3) is 0.188. The first-order valence-corrected chi connectivity index (χ1v) is 12.8. The fourth-order valence-electron chi connectivity index (χ4n) is 5.55. The second-order valence-electron chi connectivity index (χ2n) is 9.70. The maximum atomic E-state index is 13.8. The Morgan fingerprint density at radius 3 is 2.51 bits per heavy atom. The standard InChI is InChI=1S/C32H28FN3O/c33-26-16-18-27(19-17-26)36-31-25(20-24-12-6-11-23-10-4-5-14-28(23)24)13-7-15-29(31)30(35-36)32(37)34-21-22-8-2-1-3-9-22/h1-6,8-12,14,16-19,25H,7,13,15,20-21H2,(H,34,37). The molecule has 184 valence electrons. The summed E-state index contributed by atoms with van der Waals surface area (Å²) in [7, 11) is 0. The van der Waals surface area contributed by atoms with Crippen molar-refractivity contribution in [3.05, 3.63) is 131 Å². The summed E-state index contributed by atoms with van der Waals surface area (Å²) in [6.45, 7) is 0.442. The Morgan fingerprint density at radius 1 is 0.919 bits per heavy atom. The van der Waals surface area contributed by atoms with Crippen LogP contribution in [0, 0.1) is 5.82 Å². The van der Waals surface area contributed by atoms with Crippen LogP contribution in [-0.2, 0) is 19.4 Å². The molecular formula is C32H28FN3O. The van der Waals surface area contributed by atoms with Crippen LogP contribution in [0.5, 0.6) is 0 Å². The molecule has 0 bridgehead atoms. The first-order valence-electron chi connectivity index (χ1n) is 12.8. The highest BCUT2D eigenvalue weighted by Crippen LogP contribution is 2.38. The van der Waals surface area contributed by atoms with Gasteiger partial charge in [-0.25, -0.2) is 9.07 Å². The highest BCUT2D eigenvalue weighted by atomic mass is 19.1. The summed E-state index contributed by atoms with van der Waals surface area (Å²) in [5.41, 5.74) is 5.64. The van der Waals surface area contributed by atoms with Crippen molar-refractivity contribution in [2.45, 2.75) is 38.1 Å². The van der Waals surface area contributed by atoms with Crippen molar-refractivity contribution in [2.24, 2.45) is 0 Å². The van der Waals surface area contributed by atoms with E-state index in [1.165, 1.54) is 28.5 Å². The van der Waals surface area contributed by atoms with Gasteiger partial charge in [0.15, 0.2) is 5.69 Å². The van der Waals surface area contributed by atoms with E-state index in [0.717, 1.165) is 48.2 Å². The number of amides is 1. The maximum absolute atomic E-state index is 13.8. The van der Waals surface area contributed by atoms with Gasteiger partial charge in [0, 0.05) is 18.0 Å². The van der Waals surface area contributed by atoms with Crippen LogP contribution in [0.4, 0.5) is 4.39 Å². The Morgan fingerprint density at radius 2 is 1.68 bits per heavy atom. The van der Waals surface area contributed by atoms with Crippen LogP contribution in [0.15, 0.2) is 97.1 Å². The third kappa shape index (κ3) is 4.65. The Bertz CT molecular complexity index is 1550. The van der Waals surface area contributed by atoms with Gasteiger partial charge in [0.1, 0.15) is 5.82 Å². The zero-order valence-corrected chi connectivity index (χ0v) is 20.5. The lowest BCUT2D eigenvalue weighted by Gasteiger charge is -2.25. The van der Waals surface area contributed by atoms with Crippen LogP contribution >= 0.6 is 0 Å². The molecule has 5 heteroatoms. The van der Waals surface area contributed by atoms with E-state index in [0.29, 0.717) is 12.2 Å². The predicted molar refractivity (Wildman–Crippen MR) is 144 cm³/mol. The van der Waals surface area contributed by atoms with E-state index >= 15 is 0 Å². The third-order valence-electron chi connectivity index (χ3n) is 7.32. The molecule has 4 nitrogen and oxygen atoms in total. The maximum Gasteiger partial charge on any atom is 0.272 e. The molecule has 0 fully saturated rings. The van der Waals surface area contributed by atoms with Gasteiger partial charge in [-0.3, -0.25) is 4.79 Å². The summed E-state index contributed by atoms with van der Waals surface area (Å²) in [6, 6.07) is 31.1. The van der Waals surface area contributed by atoms with E-state index in [2.05, 4.69) is 47.8 Å². The predicted octanol–water partition coefficient (Wildman–Crippen LogP) is 6.76. The van der Waals surface area contributed by atoms with Gasteiger partial charge in [-0.05, 0) is 71.8 Å². The highest BCUT2D eigenvalue weighted by molar-refractivity contribution is 5.94. The number of halogens is 1. The van der Waals surface area contributed by atoms with Crippen LogP contribution in [-0.4, -0.2) is 15.7 Å². The minimum atomic E-state index is -0.294. The topological polar surface area (TPSA) is 46.9 Å². The van der Waals surface area contributed by atoms with Gasteiger partial charge in [-0.2, -0.15) is 5.10 Å². The van der Waals surface area contributed by atoms with Crippen molar-refractivity contribution in [1.82, 2.24) is 15.1 Å². The minimum absolute atomic E-state index is 0.174. The van der Waals surface area contributed by atoms with Crippen molar-refractivity contribution >= 4 is 16.7 Å². The zero-order chi connectivity index (χ0) is 25.2. The van der Waals surface area contributed by atoms with E-state index in [4.69, 9.17) is 5.10 Å². The normalized spacial score (nSPS) is 14.9. The van der Waals surface area contributed by atoms with Gasteiger partial charge in [0.2, 0.25) is 0 Å². The number of aromatic nitrogens is 2. The Balaban J connectivity index is 1.40. The van der Waals surface area contributed by atoms with E-state index in [1.807, 2.05) is 35.0 Å². The Kier molecular flexibility index (Phi) is 6.27. The number of carbonyl (C=O) groups excluding carboxylic acids is 1. The monoisotopic (exact) mass is 489 g/mol. The van der Waals surface area contributed by atoms with Gasteiger partial charge in [0.25, 0.3) is 5.91 Å². The molecule has 1 aromatic heterocycles. The number of benzene rings is 4. The molecule has 1 amide bonds. The van der Waals surface area contributed by atoms with Crippen LogP contribution in [0.2, 0.25) is 0 Å². The average molecular weight is 490 g/mol. The molecule has 4 aromatic carbocycles. The minimum Gasteiger partial charge on any atom is -0.347 e. The molecule has 0 radical (unpaired) electrons. The van der Waals surface area contributed by atoms with Gasteiger partial charge < -0.3 is 5.32 Å². The first kappa shape index (κ1) is 23.2. The first-order chi connectivity index (χ1) is 18.2. The molecule has 1 aliphatic rings. The summed E-state index contributed by atoms with van der Waals surface area (Å²) < 4.78 is 15.6. The van der Waals surface area contributed by atoms with E-state index in [-0.39, 0.29) is 17.6 Å². The number of hydrogen-bond donors (Lipinski definition) is 1. The molecule has 1 heterocycles. The lowest BCUT2D eigenvalue weighted by molar-refractivity contribution is 0.0944. The quantitative estimate of drug-likeness (QED) is 0.287. The molecule has 1 N–H and O–H groups in total. The molecule has 1 unspecified atom stereocenters. The molecule has 1 aliphatic carbocycles. The molecule has 0 saturated heterocycles. The number of nitrogens with zero attached hydrogens (tertiary/aromatic N) is 2. The molecular weight excluding hydrogens is 461 g/mol. The van der Waals surface area contributed by atoms with E-state index in [1.54, 1.807) is 12.1 Å². The highest BCUT2D eigenvalue weighted by Gasteiger charge is 2.32. The largest absolute Gasteiger partial charge is 0.347 e. The third-order valence-corrected chi connectivity index (χ3v) is 7.32. The summed E-state index contributed by atoms with van der Waals surface area (Å²) in [5.74, 6) is -0.271. The Hall–Kier alpha value is -4.25. The van der Waals surface area contributed by atoms with Crippen molar-refractivity contribution in [3.63, 3.8) is 0 Å². The van der Waals surface area contributed by atoms with Crippen LogP contribution in [0.1, 0.15) is 51.6 Å². The SMILES string of the molecule is O=C(NCc1ccccc1)c1nn(-c2ccc(F)cc2)c2c1CCCC2Cc1cccc2ccccc12. The molecule has 1 atom stereocenters. The molecule has 6 rings (SSSR count). The second kappa shape index (κ2) is 10.0. The van der Waals surface area contributed by atoms with Crippen LogP contribution in [0.3, 0.4) is 0 Å². The van der Waals surface area contributed by atoms with Crippen LogP contribution < -0.4 is 5.32 Å². The van der Waals surface area contributed by atoms with Crippen LogP contribution in [0.25, 0.3) is 16.5 Å². The van der Waals surface area contributed by atoms with Crippen molar-refractivity contribution in [2.75, 3.05) is 0 Å². The van der Waals surface area contributed by atoms with Crippen molar-refractivity contribution in [3.8, 4) is 5.69 Å². The van der Waals surface area contributed by atoms with Gasteiger partial charge in [0.05, 0.1) is 11.4 Å². The summed E-state index contributed by atoms with van der Waals surface area (Å²) in [6.07, 6.45) is 3.66.